The molecule has 1 rings (SSSR count). The summed E-state index contributed by atoms with van der Waals surface area (Å²) in [5, 5.41) is 3.80. The first-order valence-corrected chi connectivity index (χ1v) is 3.12. The molecule has 0 aliphatic heterocycles. The first-order valence-electron chi connectivity index (χ1n) is 2.30. The summed E-state index contributed by atoms with van der Waals surface area (Å²) < 4.78 is 0. The minimum atomic E-state index is 0.481. The lowest BCUT2D eigenvalue weighted by molar-refractivity contribution is 1.32. The van der Waals surface area contributed by atoms with E-state index in [1.54, 1.807) is 6.20 Å². The lowest BCUT2D eigenvalue weighted by atomic mass is 10.7. The summed E-state index contributed by atoms with van der Waals surface area (Å²) in [4.78, 5) is 7.45. The number of aromatic nitrogens is 1. The standard InChI is InChI=1S/C4H4N4S/c1-3-2-6-4(9-3)7-8-5/h2H,1H3. The van der Waals surface area contributed by atoms with Gasteiger partial charge in [0.2, 0.25) is 0 Å². The van der Waals surface area contributed by atoms with Crippen LogP contribution < -0.4 is 0 Å². The third-order valence-electron chi connectivity index (χ3n) is 0.739. The van der Waals surface area contributed by atoms with E-state index in [1.165, 1.54) is 11.3 Å². The van der Waals surface area contributed by atoms with Gasteiger partial charge in [0, 0.05) is 16.0 Å². The van der Waals surface area contributed by atoms with Crippen LogP contribution in [0.15, 0.2) is 11.3 Å². The largest absolute Gasteiger partial charge is 0.243 e. The fraction of sp³-hybridized carbons (Fsp3) is 0.250. The second-order valence-electron chi connectivity index (χ2n) is 1.44. The van der Waals surface area contributed by atoms with Gasteiger partial charge >= 0.3 is 0 Å². The van der Waals surface area contributed by atoms with E-state index in [-0.39, 0.29) is 0 Å². The molecule has 1 heterocycles. The molecular weight excluding hydrogens is 136 g/mol. The van der Waals surface area contributed by atoms with Crippen molar-refractivity contribution in [3.63, 3.8) is 0 Å². The summed E-state index contributed by atoms with van der Waals surface area (Å²) in [6, 6.07) is 0. The van der Waals surface area contributed by atoms with Crippen LogP contribution in [0.2, 0.25) is 0 Å². The minimum absolute atomic E-state index is 0.481. The van der Waals surface area contributed by atoms with Crippen molar-refractivity contribution in [2.75, 3.05) is 0 Å². The van der Waals surface area contributed by atoms with Crippen LogP contribution in [0, 0.1) is 6.92 Å². The van der Waals surface area contributed by atoms with E-state index in [2.05, 4.69) is 15.0 Å². The molecule has 4 nitrogen and oxygen atoms in total. The van der Waals surface area contributed by atoms with Crippen molar-refractivity contribution in [2.24, 2.45) is 5.11 Å². The number of thiazole rings is 1. The molecule has 0 amide bonds. The van der Waals surface area contributed by atoms with Gasteiger partial charge in [-0.15, -0.1) is 11.3 Å². The Labute approximate surface area is 55.8 Å². The van der Waals surface area contributed by atoms with E-state index < -0.39 is 0 Å². The zero-order valence-corrected chi connectivity index (χ0v) is 5.59. The highest BCUT2D eigenvalue weighted by molar-refractivity contribution is 7.15. The van der Waals surface area contributed by atoms with Crippen molar-refractivity contribution in [2.45, 2.75) is 6.92 Å². The zero-order chi connectivity index (χ0) is 6.69. The molecule has 46 valence electrons. The van der Waals surface area contributed by atoms with E-state index in [1.807, 2.05) is 6.92 Å². The van der Waals surface area contributed by atoms with Crippen LogP contribution in [0.4, 0.5) is 5.13 Å². The Balaban J connectivity index is 2.97. The van der Waals surface area contributed by atoms with Crippen LogP contribution >= 0.6 is 11.3 Å². The predicted octanol–water partition coefficient (Wildman–Crippen LogP) is 2.39. The van der Waals surface area contributed by atoms with Crippen molar-refractivity contribution in [3.05, 3.63) is 21.5 Å². The van der Waals surface area contributed by atoms with Gasteiger partial charge in [-0.25, -0.2) is 4.98 Å². The molecule has 0 aliphatic rings. The van der Waals surface area contributed by atoms with Gasteiger partial charge in [0.1, 0.15) is 0 Å². The van der Waals surface area contributed by atoms with Gasteiger partial charge in [-0.3, -0.25) is 0 Å². The number of hydrogen-bond acceptors (Lipinski definition) is 3. The predicted molar refractivity (Wildman–Crippen MR) is 35.7 cm³/mol. The quantitative estimate of drug-likeness (QED) is 0.335. The van der Waals surface area contributed by atoms with Crippen molar-refractivity contribution < 1.29 is 0 Å². The normalized spacial score (nSPS) is 8.56. The SMILES string of the molecule is Cc1cnc(N=[N+]=[N-])s1. The minimum Gasteiger partial charge on any atom is -0.243 e. The van der Waals surface area contributed by atoms with E-state index in [0.29, 0.717) is 5.13 Å². The van der Waals surface area contributed by atoms with Crippen molar-refractivity contribution in [1.29, 1.82) is 0 Å². The van der Waals surface area contributed by atoms with Gasteiger partial charge in [-0.1, -0.05) is 0 Å². The molecule has 0 fully saturated rings. The van der Waals surface area contributed by atoms with Crippen LogP contribution in [-0.4, -0.2) is 4.98 Å². The molecule has 0 bridgehead atoms. The highest BCUT2D eigenvalue weighted by atomic mass is 32.1. The van der Waals surface area contributed by atoms with Gasteiger partial charge in [0.05, 0.1) is 0 Å². The molecule has 1 aromatic heterocycles. The van der Waals surface area contributed by atoms with Crippen LogP contribution in [-0.2, 0) is 0 Å². The lowest BCUT2D eigenvalue weighted by Gasteiger charge is -1.70. The summed E-state index contributed by atoms with van der Waals surface area (Å²) in [5.41, 5.74) is 7.95. The maximum Gasteiger partial charge on any atom is 0.180 e. The third-order valence-corrected chi connectivity index (χ3v) is 1.54. The first-order chi connectivity index (χ1) is 4.33. The van der Waals surface area contributed by atoms with E-state index >= 15 is 0 Å². The fourth-order valence-corrected chi connectivity index (χ4v) is 1.00. The number of aryl methyl sites for hydroxylation is 1. The Morgan fingerprint density at radius 2 is 2.67 bits per heavy atom. The van der Waals surface area contributed by atoms with Crippen LogP contribution in [0.5, 0.6) is 0 Å². The molecule has 0 atom stereocenters. The zero-order valence-electron chi connectivity index (χ0n) is 4.77. The molecule has 0 N–H and O–H groups in total. The maximum atomic E-state index is 7.95. The number of azide groups is 1. The summed E-state index contributed by atoms with van der Waals surface area (Å²) in [5.74, 6) is 0. The molecule has 0 saturated carbocycles. The van der Waals surface area contributed by atoms with Crippen molar-refractivity contribution in [3.8, 4) is 0 Å². The van der Waals surface area contributed by atoms with Gasteiger partial charge in [0.25, 0.3) is 0 Å². The molecule has 5 heteroatoms. The summed E-state index contributed by atoms with van der Waals surface area (Å²) >= 11 is 1.38. The molecule has 0 unspecified atom stereocenters. The highest BCUT2D eigenvalue weighted by Crippen LogP contribution is 2.19. The van der Waals surface area contributed by atoms with Gasteiger partial charge in [-0.05, 0) is 17.6 Å². The average Bonchev–Trinajstić information content (AvgIpc) is 2.17. The Morgan fingerprint density at radius 3 is 3.11 bits per heavy atom. The van der Waals surface area contributed by atoms with Crippen molar-refractivity contribution in [1.82, 2.24) is 4.98 Å². The molecule has 0 spiro atoms. The van der Waals surface area contributed by atoms with Crippen LogP contribution in [0.3, 0.4) is 0 Å². The lowest BCUT2D eigenvalue weighted by Crippen LogP contribution is -1.51. The Hall–Kier alpha value is -1.06. The fourth-order valence-electron chi connectivity index (χ4n) is 0.427. The molecule has 0 saturated heterocycles. The smallest absolute Gasteiger partial charge is 0.180 e. The molecule has 0 aliphatic carbocycles. The van der Waals surface area contributed by atoms with Gasteiger partial charge in [0.15, 0.2) is 5.13 Å². The molecular formula is C4H4N4S. The number of hydrogen-bond donors (Lipinski definition) is 0. The van der Waals surface area contributed by atoms with E-state index in [4.69, 9.17) is 5.53 Å². The van der Waals surface area contributed by atoms with E-state index in [9.17, 15) is 0 Å². The molecule has 9 heavy (non-hydrogen) atoms. The highest BCUT2D eigenvalue weighted by Gasteiger charge is 1.91. The summed E-state index contributed by atoms with van der Waals surface area (Å²) in [7, 11) is 0. The second kappa shape index (κ2) is 2.48. The van der Waals surface area contributed by atoms with E-state index in [0.717, 1.165) is 4.88 Å². The molecule has 0 aromatic carbocycles. The van der Waals surface area contributed by atoms with Gasteiger partial charge < -0.3 is 0 Å². The monoisotopic (exact) mass is 140 g/mol. The molecule has 1 aromatic rings. The number of rotatable bonds is 1. The van der Waals surface area contributed by atoms with Gasteiger partial charge in [-0.2, -0.15) is 0 Å². The first kappa shape index (κ1) is 6.07. The topological polar surface area (TPSA) is 61.7 Å². The van der Waals surface area contributed by atoms with Crippen LogP contribution in [0.25, 0.3) is 10.4 Å². The summed E-state index contributed by atoms with van der Waals surface area (Å²) in [6.07, 6.45) is 1.68. The van der Waals surface area contributed by atoms with Crippen LogP contribution in [0.1, 0.15) is 4.88 Å². The Bertz CT molecular complexity index is 247. The molecule has 0 radical (unpaired) electrons. The Morgan fingerprint density at radius 1 is 1.89 bits per heavy atom. The maximum absolute atomic E-state index is 7.95. The third kappa shape index (κ3) is 1.42. The second-order valence-corrected chi connectivity index (χ2v) is 2.66. The number of nitrogens with zero attached hydrogens (tertiary/aromatic N) is 4. The summed E-state index contributed by atoms with van der Waals surface area (Å²) in [6.45, 7) is 1.91. The Kier molecular flexibility index (Phi) is 1.67. The average molecular weight is 140 g/mol. The van der Waals surface area contributed by atoms with Crippen molar-refractivity contribution >= 4 is 16.5 Å².